The van der Waals surface area contributed by atoms with Gasteiger partial charge in [0.2, 0.25) is 5.91 Å². The highest BCUT2D eigenvalue weighted by Crippen LogP contribution is 2.42. The van der Waals surface area contributed by atoms with Crippen molar-refractivity contribution in [2.75, 3.05) is 6.54 Å². The van der Waals surface area contributed by atoms with E-state index in [-0.39, 0.29) is 11.2 Å². The molecule has 136 valence electrons. The zero-order chi connectivity index (χ0) is 18.1. The average Bonchev–Trinajstić information content (AvgIpc) is 3.27. The minimum absolute atomic E-state index is 0.0517. The number of nitrogens with zero attached hydrogens (tertiary/aromatic N) is 3. The molecule has 2 heterocycles. The molecule has 26 heavy (non-hydrogen) atoms. The first-order valence-corrected chi connectivity index (χ1v) is 10.0. The van der Waals surface area contributed by atoms with Crippen LogP contribution in [0.2, 0.25) is 0 Å². The van der Waals surface area contributed by atoms with E-state index in [0.717, 1.165) is 46.7 Å². The van der Waals surface area contributed by atoms with Crippen molar-refractivity contribution in [3.05, 3.63) is 30.5 Å². The van der Waals surface area contributed by atoms with Crippen LogP contribution in [0.4, 0.5) is 0 Å². The Balaban J connectivity index is 1.65. The molecule has 0 radical (unpaired) electrons. The van der Waals surface area contributed by atoms with Gasteiger partial charge >= 0.3 is 0 Å². The lowest BCUT2D eigenvalue weighted by molar-refractivity contribution is -0.120. The molecule has 2 aromatic heterocycles. The highest BCUT2D eigenvalue weighted by molar-refractivity contribution is 8.00. The van der Waals surface area contributed by atoms with Gasteiger partial charge < -0.3 is 10.3 Å². The summed E-state index contributed by atoms with van der Waals surface area (Å²) in [5, 5.41) is 13.6. The predicted molar refractivity (Wildman–Crippen MR) is 104 cm³/mol. The van der Waals surface area contributed by atoms with E-state index < -0.39 is 0 Å². The SMILES string of the molecule is CCCNC(=O)[C@@H](C)Sc1nnc(-c2c[nH]c3ccccc23)n1C1CC1. The summed E-state index contributed by atoms with van der Waals surface area (Å²) in [6.45, 7) is 4.68. The minimum atomic E-state index is -0.195. The summed E-state index contributed by atoms with van der Waals surface area (Å²) in [6.07, 6.45) is 5.21. The summed E-state index contributed by atoms with van der Waals surface area (Å²) < 4.78 is 2.21. The zero-order valence-electron chi connectivity index (χ0n) is 15.0. The number of aromatic nitrogens is 4. The topological polar surface area (TPSA) is 75.6 Å². The summed E-state index contributed by atoms with van der Waals surface area (Å²) in [5.74, 6) is 0.935. The van der Waals surface area contributed by atoms with E-state index in [9.17, 15) is 4.79 Å². The van der Waals surface area contributed by atoms with Crippen LogP contribution >= 0.6 is 11.8 Å². The monoisotopic (exact) mass is 369 g/mol. The van der Waals surface area contributed by atoms with Gasteiger partial charge in [-0.15, -0.1) is 10.2 Å². The molecule has 1 amide bonds. The zero-order valence-corrected chi connectivity index (χ0v) is 15.8. The van der Waals surface area contributed by atoms with Gasteiger partial charge in [0.1, 0.15) is 0 Å². The van der Waals surface area contributed by atoms with Crippen LogP contribution in [-0.4, -0.2) is 37.5 Å². The molecular weight excluding hydrogens is 346 g/mol. The Morgan fingerprint density at radius 2 is 2.19 bits per heavy atom. The van der Waals surface area contributed by atoms with Crippen LogP contribution < -0.4 is 5.32 Å². The Hall–Kier alpha value is -2.28. The van der Waals surface area contributed by atoms with Crippen molar-refractivity contribution >= 4 is 28.6 Å². The van der Waals surface area contributed by atoms with Crippen LogP contribution in [0, 0.1) is 0 Å². The Bertz CT molecular complexity index is 927. The third kappa shape index (κ3) is 3.23. The van der Waals surface area contributed by atoms with Crippen molar-refractivity contribution in [2.24, 2.45) is 0 Å². The number of carbonyl (C=O) groups is 1. The van der Waals surface area contributed by atoms with Crippen LogP contribution in [0.15, 0.2) is 35.6 Å². The molecule has 1 aliphatic carbocycles. The molecule has 3 aromatic rings. The molecule has 2 N–H and O–H groups in total. The molecule has 0 unspecified atom stereocenters. The maximum atomic E-state index is 12.2. The van der Waals surface area contributed by atoms with Gasteiger partial charge in [0.05, 0.1) is 5.25 Å². The number of H-pyrrole nitrogens is 1. The lowest BCUT2D eigenvalue weighted by Gasteiger charge is -2.13. The fraction of sp³-hybridized carbons (Fsp3) is 0.421. The number of nitrogens with one attached hydrogen (secondary N) is 2. The summed E-state index contributed by atoms with van der Waals surface area (Å²) in [4.78, 5) is 15.5. The Kier molecular flexibility index (Phi) is 4.72. The van der Waals surface area contributed by atoms with Crippen LogP contribution in [-0.2, 0) is 4.79 Å². The van der Waals surface area contributed by atoms with E-state index in [1.807, 2.05) is 25.3 Å². The van der Waals surface area contributed by atoms with E-state index in [1.54, 1.807) is 0 Å². The van der Waals surface area contributed by atoms with Crippen LogP contribution in [0.1, 0.15) is 39.2 Å². The number of fused-ring (bicyclic) bond motifs is 1. The molecule has 6 nitrogen and oxygen atoms in total. The average molecular weight is 369 g/mol. The molecule has 0 aliphatic heterocycles. The molecule has 4 rings (SSSR count). The molecule has 1 aromatic carbocycles. The van der Waals surface area contributed by atoms with Crippen molar-refractivity contribution in [1.29, 1.82) is 0 Å². The highest BCUT2D eigenvalue weighted by atomic mass is 32.2. The van der Waals surface area contributed by atoms with Crippen molar-refractivity contribution in [3.8, 4) is 11.4 Å². The number of rotatable bonds is 7. The molecule has 7 heteroatoms. The number of aromatic amines is 1. The van der Waals surface area contributed by atoms with Crippen molar-refractivity contribution in [1.82, 2.24) is 25.1 Å². The number of carbonyl (C=O) groups excluding carboxylic acids is 1. The Labute approximate surface area is 156 Å². The first-order chi connectivity index (χ1) is 12.7. The molecule has 0 spiro atoms. The standard InChI is InChI=1S/C19H23N5OS/c1-3-10-20-18(25)12(2)26-19-23-22-17(24(19)13-8-9-13)15-11-21-16-7-5-4-6-14(15)16/h4-7,11-13,21H,3,8-10H2,1-2H3,(H,20,25)/t12-/m1/s1. The Morgan fingerprint density at radius 3 is 2.96 bits per heavy atom. The van der Waals surface area contributed by atoms with Crippen molar-refractivity contribution < 1.29 is 4.79 Å². The smallest absolute Gasteiger partial charge is 0.233 e. The molecule has 1 saturated carbocycles. The second kappa shape index (κ2) is 7.15. The lowest BCUT2D eigenvalue weighted by Crippen LogP contribution is -2.31. The number of benzene rings is 1. The third-order valence-electron chi connectivity index (χ3n) is 4.61. The van der Waals surface area contributed by atoms with Gasteiger partial charge in [-0.25, -0.2) is 0 Å². The number of amides is 1. The second-order valence-corrected chi connectivity index (χ2v) is 8.01. The largest absolute Gasteiger partial charge is 0.360 e. The fourth-order valence-corrected chi connectivity index (χ4v) is 4.01. The molecule has 1 atom stereocenters. The molecule has 0 saturated heterocycles. The van der Waals surface area contributed by atoms with Gasteiger partial charge in [-0.2, -0.15) is 0 Å². The molecular formula is C19H23N5OS. The van der Waals surface area contributed by atoms with Gasteiger partial charge in [-0.05, 0) is 32.3 Å². The summed E-state index contributed by atoms with van der Waals surface area (Å²) in [7, 11) is 0. The number of para-hydroxylation sites is 1. The van der Waals surface area contributed by atoms with Gasteiger partial charge in [-0.3, -0.25) is 9.36 Å². The number of hydrogen-bond donors (Lipinski definition) is 2. The van der Waals surface area contributed by atoms with E-state index in [2.05, 4.69) is 44.1 Å². The number of thioether (sulfide) groups is 1. The maximum absolute atomic E-state index is 12.2. The fourth-order valence-electron chi connectivity index (χ4n) is 3.06. The third-order valence-corrected chi connectivity index (χ3v) is 5.66. The lowest BCUT2D eigenvalue weighted by atomic mass is 10.1. The van der Waals surface area contributed by atoms with Gasteiger partial charge in [-0.1, -0.05) is 36.9 Å². The van der Waals surface area contributed by atoms with Crippen molar-refractivity contribution in [2.45, 2.75) is 49.6 Å². The van der Waals surface area contributed by atoms with Gasteiger partial charge in [0.25, 0.3) is 0 Å². The maximum Gasteiger partial charge on any atom is 0.233 e. The first-order valence-electron chi connectivity index (χ1n) is 9.14. The quantitative estimate of drug-likeness (QED) is 0.622. The second-order valence-electron chi connectivity index (χ2n) is 6.71. The van der Waals surface area contributed by atoms with Crippen LogP contribution in [0.5, 0.6) is 0 Å². The highest BCUT2D eigenvalue weighted by Gasteiger charge is 2.32. The molecule has 1 fully saturated rings. The van der Waals surface area contributed by atoms with Gasteiger partial charge in [0.15, 0.2) is 11.0 Å². The van der Waals surface area contributed by atoms with Crippen LogP contribution in [0.25, 0.3) is 22.3 Å². The molecule has 1 aliphatic rings. The summed E-state index contributed by atoms with van der Waals surface area (Å²) in [5.41, 5.74) is 2.16. The van der Waals surface area contributed by atoms with E-state index >= 15 is 0 Å². The van der Waals surface area contributed by atoms with Crippen molar-refractivity contribution in [3.63, 3.8) is 0 Å². The summed E-state index contributed by atoms with van der Waals surface area (Å²) >= 11 is 1.49. The summed E-state index contributed by atoms with van der Waals surface area (Å²) in [6, 6.07) is 8.65. The predicted octanol–water partition coefficient (Wildman–Crippen LogP) is 3.77. The van der Waals surface area contributed by atoms with Gasteiger partial charge in [0, 0.05) is 35.2 Å². The number of hydrogen-bond acceptors (Lipinski definition) is 4. The molecule has 0 bridgehead atoms. The normalized spacial score (nSPS) is 15.3. The van der Waals surface area contributed by atoms with E-state index in [4.69, 9.17) is 0 Å². The van der Waals surface area contributed by atoms with E-state index in [0.29, 0.717) is 12.6 Å². The first kappa shape index (κ1) is 17.1. The minimum Gasteiger partial charge on any atom is -0.360 e. The Morgan fingerprint density at radius 1 is 1.38 bits per heavy atom. The van der Waals surface area contributed by atoms with E-state index in [1.165, 1.54) is 11.8 Å². The van der Waals surface area contributed by atoms with Crippen LogP contribution in [0.3, 0.4) is 0 Å².